The van der Waals surface area contributed by atoms with Crippen LogP contribution in [0.5, 0.6) is 11.5 Å². The average molecular weight is 535 g/mol. The Balaban J connectivity index is 1.71. The van der Waals surface area contributed by atoms with Crippen LogP contribution in [0.2, 0.25) is 5.02 Å². The smallest absolute Gasteiger partial charge is 0.335 e. The SMILES string of the molecule is Cc1cc(Cl)ccc1C(CC(N=O)c1ccc(=O)n(C)c1)c1ccc(Oc2cccc(C(=O)O)c2)c(F)c1. The maximum absolute atomic E-state index is 15.3. The van der Waals surface area contributed by atoms with Crippen LogP contribution in [0.25, 0.3) is 0 Å². The number of aromatic carboxylic acids is 1. The third-order valence-electron chi connectivity index (χ3n) is 6.35. The van der Waals surface area contributed by atoms with Gasteiger partial charge < -0.3 is 14.4 Å². The first-order valence-corrected chi connectivity index (χ1v) is 12.1. The first kappa shape index (κ1) is 26.8. The number of hydrogen-bond donors (Lipinski definition) is 1. The van der Waals surface area contributed by atoms with Crippen molar-refractivity contribution in [2.24, 2.45) is 12.2 Å². The van der Waals surface area contributed by atoms with Crippen LogP contribution in [0.4, 0.5) is 4.39 Å². The predicted octanol–water partition coefficient (Wildman–Crippen LogP) is 7.01. The first-order chi connectivity index (χ1) is 18.2. The molecule has 9 heteroatoms. The standard InChI is InChI=1S/C29H24ClFN2O5/c1-17-12-21(30)8-9-23(17)24(15-26(32-37)20-7-11-28(34)33(2)16-20)18-6-10-27(25(31)14-18)38-22-5-3-4-19(13-22)29(35)36/h3-14,16,24,26H,15H2,1-2H3,(H,35,36). The fourth-order valence-corrected chi connectivity index (χ4v) is 4.61. The minimum Gasteiger partial charge on any atom is -0.478 e. The molecule has 0 bridgehead atoms. The highest BCUT2D eigenvalue weighted by atomic mass is 35.5. The van der Waals surface area contributed by atoms with Crippen LogP contribution in [0.3, 0.4) is 0 Å². The topological polar surface area (TPSA) is 98.0 Å². The van der Waals surface area contributed by atoms with Crippen LogP contribution in [-0.4, -0.2) is 15.6 Å². The molecule has 1 heterocycles. The number of carboxylic acids is 1. The lowest BCUT2D eigenvalue weighted by atomic mass is 9.82. The van der Waals surface area contributed by atoms with Crippen molar-refractivity contribution >= 4 is 17.6 Å². The van der Waals surface area contributed by atoms with Crippen molar-refractivity contribution < 1.29 is 19.0 Å². The minimum atomic E-state index is -1.12. The molecule has 4 rings (SSSR count). The van der Waals surface area contributed by atoms with Gasteiger partial charge in [-0.05, 0) is 84.1 Å². The summed E-state index contributed by atoms with van der Waals surface area (Å²) in [6.45, 7) is 1.88. The van der Waals surface area contributed by atoms with Gasteiger partial charge in [0.15, 0.2) is 11.6 Å². The highest BCUT2D eigenvalue weighted by Gasteiger charge is 2.25. The van der Waals surface area contributed by atoms with Gasteiger partial charge in [-0.25, -0.2) is 9.18 Å². The quantitative estimate of drug-likeness (QED) is 0.233. The van der Waals surface area contributed by atoms with E-state index in [4.69, 9.17) is 16.3 Å². The number of carbonyl (C=O) groups is 1. The van der Waals surface area contributed by atoms with Crippen LogP contribution >= 0.6 is 11.6 Å². The minimum absolute atomic E-state index is 0.0172. The van der Waals surface area contributed by atoms with E-state index in [1.165, 1.54) is 47.0 Å². The number of halogens is 2. The van der Waals surface area contributed by atoms with Crippen LogP contribution in [0, 0.1) is 17.6 Å². The number of nitrogens with zero attached hydrogens (tertiary/aromatic N) is 2. The van der Waals surface area contributed by atoms with Gasteiger partial charge in [0.05, 0.1) is 5.56 Å². The second-order valence-electron chi connectivity index (χ2n) is 8.95. The zero-order valence-electron chi connectivity index (χ0n) is 20.6. The summed E-state index contributed by atoms with van der Waals surface area (Å²) in [6.07, 6.45) is 1.79. The summed E-state index contributed by atoms with van der Waals surface area (Å²) in [6, 6.07) is 17.8. The summed E-state index contributed by atoms with van der Waals surface area (Å²) in [5.74, 6) is -2.11. The molecule has 0 saturated carbocycles. The van der Waals surface area contributed by atoms with E-state index in [1.807, 2.05) is 13.0 Å². The third-order valence-corrected chi connectivity index (χ3v) is 6.59. The van der Waals surface area contributed by atoms with Crippen molar-refractivity contribution in [2.75, 3.05) is 0 Å². The van der Waals surface area contributed by atoms with Gasteiger partial charge in [0.25, 0.3) is 0 Å². The van der Waals surface area contributed by atoms with Crippen LogP contribution < -0.4 is 10.3 Å². The van der Waals surface area contributed by atoms with Gasteiger partial charge in [-0.2, -0.15) is 4.91 Å². The lowest BCUT2D eigenvalue weighted by Crippen LogP contribution is -2.16. The van der Waals surface area contributed by atoms with E-state index in [1.54, 1.807) is 37.5 Å². The number of ether oxygens (including phenoxy) is 1. The lowest BCUT2D eigenvalue weighted by molar-refractivity contribution is 0.0696. The number of pyridine rings is 1. The summed E-state index contributed by atoms with van der Waals surface area (Å²) in [4.78, 5) is 35.0. The highest BCUT2D eigenvalue weighted by molar-refractivity contribution is 6.30. The van der Waals surface area contributed by atoms with E-state index in [0.717, 1.165) is 11.1 Å². The van der Waals surface area contributed by atoms with Gasteiger partial charge in [-0.3, -0.25) is 4.79 Å². The zero-order valence-corrected chi connectivity index (χ0v) is 21.4. The molecule has 38 heavy (non-hydrogen) atoms. The maximum atomic E-state index is 15.3. The molecule has 194 valence electrons. The molecule has 2 unspecified atom stereocenters. The number of rotatable bonds is 9. The van der Waals surface area contributed by atoms with E-state index >= 15 is 4.39 Å². The number of nitroso groups, excluding NO2 is 1. The van der Waals surface area contributed by atoms with Crippen molar-refractivity contribution in [1.82, 2.24) is 4.57 Å². The third kappa shape index (κ3) is 5.98. The van der Waals surface area contributed by atoms with E-state index in [2.05, 4.69) is 5.18 Å². The largest absolute Gasteiger partial charge is 0.478 e. The van der Waals surface area contributed by atoms with Crippen molar-refractivity contribution in [1.29, 1.82) is 0 Å². The fourth-order valence-electron chi connectivity index (χ4n) is 4.38. The molecule has 0 fully saturated rings. The number of aryl methyl sites for hydroxylation is 2. The van der Waals surface area contributed by atoms with Crippen LogP contribution in [0.1, 0.15) is 51.0 Å². The summed E-state index contributed by atoms with van der Waals surface area (Å²) < 4.78 is 22.3. The van der Waals surface area contributed by atoms with E-state index in [0.29, 0.717) is 16.1 Å². The second-order valence-corrected chi connectivity index (χ2v) is 9.38. The molecule has 0 amide bonds. The molecule has 4 aromatic rings. The Bertz CT molecular complexity index is 1570. The number of hydrogen-bond acceptors (Lipinski definition) is 5. The summed E-state index contributed by atoms with van der Waals surface area (Å²) >= 11 is 6.17. The summed E-state index contributed by atoms with van der Waals surface area (Å²) in [5.41, 5.74) is 2.66. The molecular weight excluding hydrogens is 511 g/mol. The second kappa shape index (κ2) is 11.4. The van der Waals surface area contributed by atoms with Crippen LogP contribution in [-0.2, 0) is 7.05 Å². The van der Waals surface area contributed by atoms with Crippen molar-refractivity contribution in [2.45, 2.75) is 25.3 Å². The number of aromatic nitrogens is 1. The maximum Gasteiger partial charge on any atom is 0.335 e. The predicted molar refractivity (Wildman–Crippen MR) is 143 cm³/mol. The molecular formula is C29H24ClFN2O5. The summed E-state index contributed by atoms with van der Waals surface area (Å²) in [5, 5.41) is 13.1. The van der Waals surface area contributed by atoms with Crippen molar-refractivity contribution in [3.8, 4) is 11.5 Å². The Morgan fingerprint density at radius 2 is 1.84 bits per heavy atom. The van der Waals surface area contributed by atoms with Crippen molar-refractivity contribution in [3.63, 3.8) is 0 Å². The molecule has 2 atom stereocenters. The molecule has 0 aliphatic heterocycles. The average Bonchev–Trinajstić information content (AvgIpc) is 2.88. The Morgan fingerprint density at radius 1 is 1.08 bits per heavy atom. The van der Waals surface area contributed by atoms with E-state index in [-0.39, 0.29) is 29.0 Å². The van der Waals surface area contributed by atoms with E-state index < -0.39 is 23.7 Å². The normalized spacial score (nSPS) is 12.5. The highest BCUT2D eigenvalue weighted by Crippen LogP contribution is 2.39. The molecule has 1 aromatic heterocycles. The first-order valence-electron chi connectivity index (χ1n) is 11.7. The molecule has 0 spiro atoms. The Kier molecular flexibility index (Phi) is 8.02. The van der Waals surface area contributed by atoms with Gasteiger partial charge in [0, 0.05) is 30.3 Å². The Morgan fingerprint density at radius 3 is 2.50 bits per heavy atom. The Hall–Kier alpha value is -4.30. The molecule has 3 aromatic carbocycles. The van der Waals surface area contributed by atoms with E-state index in [9.17, 15) is 19.6 Å². The van der Waals surface area contributed by atoms with Gasteiger partial charge in [0.2, 0.25) is 5.56 Å². The molecule has 7 nitrogen and oxygen atoms in total. The van der Waals surface area contributed by atoms with Gasteiger partial charge in [0.1, 0.15) is 11.8 Å². The van der Waals surface area contributed by atoms with Crippen molar-refractivity contribution in [3.05, 3.63) is 133 Å². The molecule has 0 radical (unpaired) electrons. The molecule has 0 saturated heterocycles. The number of benzene rings is 3. The molecule has 1 N–H and O–H groups in total. The zero-order chi connectivity index (χ0) is 27.4. The number of carboxylic acid groups (broad SMARTS) is 1. The van der Waals surface area contributed by atoms with Gasteiger partial charge in [-0.15, -0.1) is 0 Å². The monoisotopic (exact) mass is 534 g/mol. The van der Waals surface area contributed by atoms with Gasteiger partial charge in [-0.1, -0.05) is 35.0 Å². The molecule has 0 aliphatic rings. The Labute approximate surface area is 223 Å². The van der Waals surface area contributed by atoms with Gasteiger partial charge >= 0.3 is 5.97 Å². The summed E-state index contributed by atoms with van der Waals surface area (Å²) in [7, 11) is 1.59. The molecule has 0 aliphatic carbocycles. The fraction of sp³-hybridized carbons (Fsp3) is 0.172. The lowest BCUT2D eigenvalue weighted by Gasteiger charge is -2.23. The van der Waals surface area contributed by atoms with Crippen LogP contribution in [0.15, 0.2) is 89.0 Å².